The van der Waals surface area contributed by atoms with Crippen molar-refractivity contribution >= 4 is 61.9 Å². The Balaban J connectivity index is 1.77. The molecule has 0 aliphatic heterocycles. The van der Waals surface area contributed by atoms with Gasteiger partial charge in [0.05, 0.1) is 61.7 Å². The van der Waals surface area contributed by atoms with Gasteiger partial charge in [-0.05, 0) is 69.3 Å². The first kappa shape index (κ1) is 43.5. The molecule has 0 aromatic heterocycles. The monoisotopic (exact) mass is 876 g/mol. The summed E-state index contributed by atoms with van der Waals surface area (Å²) in [5.74, 6) is -17.8. The molecule has 0 saturated carbocycles. The molecular formula is C48H8F8N10. The summed E-state index contributed by atoms with van der Waals surface area (Å²) in [6, 6.07) is 16.0. The summed E-state index contributed by atoms with van der Waals surface area (Å²) in [6.07, 6.45) is 0. The van der Waals surface area contributed by atoms with Crippen LogP contribution in [0.25, 0.3) is 69.1 Å². The summed E-state index contributed by atoms with van der Waals surface area (Å²) in [7, 11) is 0. The number of nitrogens with zero attached hydrogens (tertiary/aromatic N) is 10. The highest BCUT2D eigenvalue weighted by Crippen LogP contribution is 2.58. The Morgan fingerprint density at radius 1 is 0.455 bits per heavy atom. The van der Waals surface area contributed by atoms with Crippen LogP contribution in [0.2, 0.25) is 0 Å². The lowest BCUT2D eigenvalue weighted by atomic mass is 9.86. The van der Waals surface area contributed by atoms with Crippen molar-refractivity contribution in [2.75, 3.05) is 0 Å². The van der Waals surface area contributed by atoms with E-state index >= 15 is 35.1 Å². The first-order valence-corrected chi connectivity index (χ1v) is 17.7. The van der Waals surface area contributed by atoms with Gasteiger partial charge in [0.15, 0.2) is 63.6 Å². The maximum absolute atomic E-state index is 16.2. The first-order chi connectivity index (χ1) is 31.6. The molecular weight excluding hydrogens is 869 g/mol. The zero-order valence-electron chi connectivity index (χ0n) is 32.1. The van der Waals surface area contributed by atoms with E-state index in [-0.39, 0.29) is 33.6 Å². The molecule has 10 nitrogen and oxygen atoms in total. The van der Waals surface area contributed by atoms with Gasteiger partial charge in [0.2, 0.25) is 5.70 Å². The SMILES string of the molecule is [C-]#[N+]C1=C(c2c(F)c(F)c([N+]#[C-])c(F)c2F)/C(=C(\[N+]#[C-])c2cc(C#N)cc([N+]#[C-])c2)c2cc3c(cc21)C(C#N)=C(c1c(F)c(F)c(C#N)c(F)c1F)C3=C(C#N)c1cc(C#N)cc([N+]#[C-])c1. The van der Waals surface area contributed by atoms with Crippen LogP contribution in [0.5, 0.6) is 0 Å². The van der Waals surface area contributed by atoms with Crippen LogP contribution in [0.4, 0.5) is 52.2 Å². The lowest BCUT2D eigenvalue weighted by Gasteiger charge is -2.17. The number of nitriles is 5. The third kappa shape index (κ3) is 6.23. The molecule has 0 unspecified atom stereocenters. The predicted octanol–water partition coefficient (Wildman–Crippen LogP) is 12.5. The van der Waals surface area contributed by atoms with E-state index in [2.05, 4.69) is 24.2 Å². The van der Waals surface area contributed by atoms with Gasteiger partial charge in [-0.2, -0.15) is 26.3 Å². The van der Waals surface area contributed by atoms with Gasteiger partial charge in [-0.3, -0.25) is 0 Å². The second kappa shape index (κ2) is 16.4. The van der Waals surface area contributed by atoms with E-state index in [0.29, 0.717) is 0 Å². The van der Waals surface area contributed by atoms with Crippen LogP contribution in [-0.2, 0) is 0 Å². The van der Waals surface area contributed by atoms with Crippen molar-refractivity contribution in [3.63, 3.8) is 0 Å². The third-order valence-corrected chi connectivity index (χ3v) is 10.3. The average molecular weight is 877 g/mol. The van der Waals surface area contributed by atoms with Crippen molar-refractivity contribution in [2.24, 2.45) is 0 Å². The van der Waals surface area contributed by atoms with Gasteiger partial charge in [0.1, 0.15) is 23.8 Å². The molecule has 2 aliphatic rings. The summed E-state index contributed by atoms with van der Waals surface area (Å²) in [6.45, 7) is 38.7. The van der Waals surface area contributed by atoms with Crippen LogP contribution in [0.1, 0.15) is 61.2 Å². The molecule has 5 aromatic rings. The van der Waals surface area contributed by atoms with Crippen LogP contribution < -0.4 is 0 Å². The Bertz CT molecular complexity index is 3440. The van der Waals surface area contributed by atoms with E-state index in [4.69, 9.17) is 32.9 Å². The lowest BCUT2D eigenvalue weighted by molar-refractivity contribution is 0.447. The van der Waals surface area contributed by atoms with Gasteiger partial charge in [-0.25, -0.2) is 59.3 Å². The normalized spacial score (nSPS) is 13.5. The highest BCUT2D eigenvalue weighted by Gasteiger charge is 2.42. The minimum atomic E-state index is -2.23. The molecule has 0 heterocycles. The van der Waals surface area contributed by atoms with E-state index in [0.717, 1.165) is 54.6 Å². The number of allylic oxidation sites excluding steroid dienone is 6. The average Bonchev–Trinajstić information content (AvgIpc) is 3.80. The number of rotatable bonds is 4. The minimum Gasteiger partial charge on any atom is -0.238 e. The standard InChI is InChI=1S/C48H8F8N10/c1-62-23-8-19(14-57)6-21(10-23)29(16-59)32-26-13-27-28(12-25(26)30(17-60)33(32)36-40(51)38(49)31(18-61)39(50)41(36)52)47(65-4)35(37-42(53)44(55)48(66-5)45(56)43(37)54)34(27)46(64-3)22-7-20(15-58)9-24(11-22)63-2/h6-13H/b32-29?,46-34-. The first-order valence-electron chi connectivity index (χ1n) is 17.7. The molecule has 7 rings (SSSR count). The fourth-order valence-corrected chi connectivity index (χ4v) is 7.61. The topological polar surface area (TPSA) is 141 Å². The molecule has 0 amide bonds. The zero-order chi connectivity index (χ0) is 48.0. The van der Waals surface area contributed by atoms with Gasteiger partial charge in [0, 0.05) is 33.4 Å². The molecule has 0 spiro atoms. The van der Waals surface area contributed by atoms with Gasteiger partial charge in [0.25, 0.3) is 5.69 Å². The number of halogens is 8. The molecule has 306 valence electrons. The molecule has 0 fully saturated rings. The molecule has 2 aliphatic carbocycles. The maximum Gasteiger partial charge on any atom is 0.262 e. The van der Waals surface area contributed by atoms with Gasteiger partial charge in [-0.15, -0.1) is 0 Å². The summed E-state index contributed by atoms with van der Waals surface area (Å²) >= 11 is 0. The smallest absolute Gasteiger partial charge is 0.238 e. The summed E-state index contributed by atoms with van der Waals surface area (Å²) in [5.41, 5.74) is -17.4. The molecule has 0 radical (unpaired) electrons. The van der Waals surface area contributed by atoms with Crippen molar-refractivity contribution in [1.29, 1.82) is 26.3 Å². The van der Waals surface area contributed by atoms with Crippen molar-refractivity contribution in [3.05, 3.63) is 213 Å². The largest absolute Gasteiger partial charge is 0.262 e. The van der Waals surface area contributed by atoms with Crippen LogP contribution >= 0.6 is 0 Å². The lowest BCUT2D eigenvalue weighted by Crippen LogP contribution is -2.07. The minimum absolute atomic E-state index is 0.250. The van der Waals surface area contributed by atoms with Crippen LogP contribution in [-0.4, -0.2) is 0 Å². The fraction of sp³-hybridized carbons (Fsp3) is 0. The second-order valence-corrected chi connectivity index (χ2v) is 13.5. The summed E-state index contributed by atoms with van der Waals surface area (Å²) < 4.78 is 127. The zero-order valence-corrected chi connectivity index (χ0v) is 32.1. The Morgan fingerprint density at radius 2 is 0.955 bits per heavy atom. The van der Waals surface area contributed by atoms with Crippen LogP contribution in [0, 0.1) is 136 Å². The Kier molecular flexibility index (Phi) is 10.8. The number of hydrogen-bond donors (Lipinski definition) is 0. The Labute approximate surface area is 366 Å². The Morgan fingerprint density at radius 3 is 1.42 bits per heavy atom. The molecule has 0 bridgehead atoms. The number of fused-ring (bicyclic) bond motifs is 2. The summed E-state index contributed by atoms with van der Waals surface area (Å²) in [5, 5.41) is 50.4. The van der Waals surface area contributed by atoms with Gasteiger partial charge < -0.3 is 0 Å². The molecule has 0 atom stereocenters. The summed E-state index contributed by atoms with van der Waals surface area (Å²) in [4.78, 5) is 15.9. The van der Waals surface area contributed by atoms with Gasteiger partial charge in [-0.1, -0.05) is 18.2 Å². The van der Waals surface area contributed by atoms with Crippen LogP contribution in [0.3, 0.4) is 0 Å². The van der Waals surface area contributed by atoms with E-state index < -0.39 is 136 Å². The molecule has 0 N–H and O–H groups in total. The van der Waals surface area contributed by atoms with Crippen molar-refractivity contribution in [3.8, 4) is 30.3 Å². The highest BCUT2D eigenvalue weighted by molar-refractivity contribution is 6.33. The predicted molar refractivity (Wildman–Crippen MR) is 216 cm³/mol. The van der Waals surface area contributed by atoms with E-state index in [9.17, 15) is 26.3 Å². The van der Waals surface area contributed by atoms with Crippen LogP contribution in [0.15, 0.2) is 48.5 Å². The molecule has 18 heteroatoms. The van der Waals surface area contributed by atoms with Crippen molar-refractivity contribution < 1.29 is 35.1 Å². The molecule has 5 aromatic carbocycles. The number of hydrogen-bond acceptors (Lipinski definition) is 5. The highest BCUT2D eigenvalue weighted by atomic mass is 19.2. The fourth-order valence-electron chi connectivity index (χ4n) is 7.61. The second-order valence-electron chi connectivity index (χ2n) is 13.5. The molecule has 0 saturated heterocycles. The van der Waals surface area contributed by atoms with Crippen molar-refractivity contribution in [2.45, 2.75) is 0 Å². The van der Waals surface area contributed by atoms with Gasteiger partial charge >= 0.3 is 0 Å². The Hall–Kier alpha value is -10.6. The number of benzene rings is 5. The quantitative estimate of drug-likeness (QED) is 0.0765. The third-order valence-electron chi connectivity index (χ3n) is 10.3. The van der Waals surface area contributed by atoms with E-state index in [1.165, 1.54) is 0 Å². The molecule has 66 heavy (non-hydrogen) atoms. The van der Waals surface area contributed by atoms with E-state index in [1.807, 2.05) is 0 Å². The van der Waals surface area contributed by atoms with E-state index in [1.54, 1.807) is 24.3 Å². The maximum atomic E-state index is 16.2. The van der Waals surface area contributed by atoms with Crippen molar-refractivity contribution in [1.82, 2.24) is 0 Å².